The van der Waals surface area contributed by atoms with E-state index in [2.05, 4.69) is 15.6 Å². The molecule has 1 saturated heterocycles. The predicted octanol–water partition coefficient (Wildman–Crippen LogP) is 0.917. The van der Waals surface area contributed by atoms with Crippen LogP contribution in [-0.4, -0.2) is 27.6 Å². The molecule has 2 heterocycles. The number of rotatable bonds is 3. The largest absolute Gasteiger partial charge is 0.309 e. The highest BCUT2D eigenvalue weighted by Gasteiger charge is 2.20. The molecule has 76 valence electrons. The van der Waals surface area contributed by atoms with Gasteiger partial charge in [-0.3, -0.25) is 4.68 Å². The zero-order valence-corrected chi connectivity index (χ0v) is 8.30. The summed E-state index contributed by atoms with van der Waals surface area (Å²) in [6.07, 6.45) is 2.00. The Hall–Kier alpha value is -1.68. The summed E-state index contributed by atoms with van der Waals surface area (Å²) in [6.45, 7) is 2.01. The van der Waals surface area contributed by atoms with Gasteiger partial charge < -0.3 is 5.32 Å². The summed E-state index contributed by atoms with van der Waals surface area (Å²) in [5.74, 6) is 0. The fraction of sp³-hybridized carbons (Fsp3) is 0.273. The van der Waals surface area contributed by atoms with E-state index in [1.54, 1.807) is 0 Å². The molecule has 0 aliphatic carbocycles. The second-order valence-electron chi connectivity index (χ2n) is 3.80. The van der Waals surface area contributed by atoms with Crippen LogP contribution >= 0.6 is 0 Å². The summed E-state index contributed by atoms with van der Waals surface area (Å²) in [4.78, 5) is 0. The van der Waals surface area contributed by atoms with Gasteiger partial charge in [0.05, 0.1) is 12.7 Å². The van der Waals surface area contributed by atoms with Crippen molar-refractivity contribution in [1.29, 1.82) is 0 Å². The Morgan fingerprint density at radius 1 is 1.33 bits per heavy atom. The van der Waals surface area contributed by atoms with Crippen LogP contribution in [0.1, 0.15) is 0 Å². The molecule has 1 aliphatic rings. The summed E-state index contributed by atoms with van der Waals surface area (Å²) in [7, 11) is 0. The third-order valence-electron chi connectivity index (χ3n) is 2.51. The normalized spacial score (nSPS) is 19.1. The smallest absolute Gasteiger partial charge is 0.113 e. The van der Waals surface area contributed by atoms with E-state index in [4.69, 9.17) is 0 Å². The predicted molar refractivity (Wildman–Crippen MR) is 57.2 cm³/mol. The monoisotopic (exact) mass is 200 g/mol. The second-order valence-corrected chi connectivity index (χ2v) is 3.80. The van der Waals surface area contributed by atoms with Gasteiger partial charge in [0.25, 0.3) is 0 Å². The topological polar surface area (TPSA) is 52.7 Å². The van der Waals surface area contributed by atoms with Gasteiger partial charge in [-0.1, -0.05) is 35.5 Å². The lowest BCUT2D eigenvalue weighted by Gasteiger charge is -1.94. The van der Waals surface area contributed by atoms with Crippen molar-refractivity contribution in [2.24, 2.45) is 0 Å². The van der Waals surface area contributed by atoms with Gasteiger partial charge >= 0.3 is 0 Å². The lowest BCUT2D eigenvalue weighted by atomic mass is 10.2. The van der Waals surface area contributed by atoms with Crippen LogP contribution in [0.2, 0.25) is 0 Å². The van der Waals surface area contributed by atoms with Gasteiger partial charge in [0.15, 0.2) is 0 Å². The molecular formula is C11H12N4. The van der Waals surface area contributed by atoms with Gasteiger partial charge in [0.2, 0.25) is 0 Å². The number of aromatic nitrogens is 3. The number of hydrogen-bond acceptors (Lipinski definition) is 3. The van der Waals surface area contributed by atoms with Gasteiger partial charge in [0, 0.05) is 18.2 Å². The van der Waals surface area contributed by atoms with Crippen molar-refractivity contribution in [3.63, 3.8) is 0 Å². The molecule has 0 saturated carbocycles. The molecule has 0 amide bonds. The van der Waals surface area contributed by atoms with Crippen molar-refractivity contribution in [1.82, 2.24) is 20.3 Å². The summed E-state index contributed by atoms with van der Waals surface area (Å²) >= 11 is 0. The fourth-order valence-electron chi connectivity index (χ4n) is 1.57. The van der Waals surface area contributed by atoms with E-state index in [1.165, 1.54) is 0 Å². The average Bonchev–Trinajstić information content (AvgIpc) is 2.96. The first-order valence-electron chi connectivity index (χ1n) is 5.11. The maximum Gasteiger partial charge on any atom is 0.113 e. The third-order valence-corrected chi connectivity index (χ3v) is 2.51. The minimum Gasteiger partial charge on any atom is -0.309 e. The fourth-order valence-corrected chi connectivity index (χ4v) is 1.57. The summed E-state index contributed by atoms with van der Waals surface area (Å²) < 4.78 is 1.90. The van der Waals surface area contributed by atoms with Crippen LogP contribution in [-0.2, 0) is 6.54 Å². The first-order valence-corrected chi connectivity index (χ1v) is 5.11. The van der Waals surface area contributed by atoms with Crippen LogP contribution in [0.5, 0.6) is 0 Å². The number of hydrogen-bond donors (Lipinski definition) is 1. The SMILES string of the molecule is c1ccc(-c2cn(C[C@@H]3CN3)nn2)cc1. The molecule has 1 aliphatic heterocycles. The number of nitrogens with one attached hydrogen (secondary N) is 1. The molecule has 0 radical (unpaired) electrons. The van der Waals surface area contributed by atoms with Crippen LogP contribution in [0.4, 0.5) is 0 Å². The van der Waals surface area contributed by atoms with Crippen molar-refractivity contribution >= 4 is 0 Å². The van der Waals surface area contributed by atoms with Gasteiger partial charge in [-0.15, -0.1) is 5.10 Å². The van der Waals surface area contributed by atoms with Crippen LogP contribution in [0.15, 0.2) is 36.5 Å². The molecule has 0 spiro atoms. The number of nitrogens with zero attached hydrogens (tertiary/aromatic N) is 3. The van der Waals surface area contributed by atoms with Crippen molar-refractivity contribution in [2.75, 3.05) is 6.54 Å². The van der Waals surface area contributed by atoms with Gasteiger partial charge in [-0.05, 0) is 0 Å². The highest BCUT2D eigenvalue weighted by Crippen LogP contribution is 2.15. The van der Waals surface area contributed by atoms with Crippen molar-refractivity contribution < 1.29 is 0 Å². The highest BCUT2D eigenvalue weighted by molar-refractivity contribution is 5.57. The van der Waals surface area contributed by atoms with Crippen LogP contribution in [0.25, 0.3) is 11.3 Å². The van der Waals surface area contributed by atoms with E-state index in [9.17, 15) is 0 Å². The first kappa shape index (κ1) is 8.61. The maximum absolute atomic E-state index is 4.15. The van der Waals surface area contributed by atoms with Gasteiger partial charge in [-0.2, -0.15) is 0 Å². The summed E-state index contributed by atoms with van der Waals surface area (Å²) in [6, 6.07) is 10.7. The summed E-state index contributed by atoms with van der Waals surface area (Å²) in [5, 5.41) is 11.5. The molecule has 1 aromatic heterocycles. The maximum atomic E-state index is 4.15. The number of benzene rings is 1. The van der Waals surface area contributed by atoms with Crippen LogP contribution in [0, 0.1) is 0 Å². The first-order chi connectivity index (χ1) is 7.42. The van der Waals surface area contributed by atoms with E-state index < -0.39 is 0 Å². The average molecular weight is 200 g/mol. The van der Waals surface area contributed by atoms with E-state index in [-0.39, 0.29) is 0 Å². The molecule has 2 aromatic rings. The molecule has 0 bridgehead atoms. The van der Waals surface area contributed by atoms with Gasteiger partial charge in [0.1, 0.15) is 5.69 Å². The lowest BCUT2D eigenvalue weighted by molar-refractivity contribution is 0.582. The third kappa shape index (κ3) is 1.89. The Labute approximate surface area is 87.9 Å². The van der Waals surface area contributed by atoms with Crippen molar-refractivity contribution in [3.05, 3.63) is 36.5 Å². The minimum absolute atomic E-state index is 0.593. The molecule has 4 heteroatoms. The molecule has 1 atom stereocenters. The second kappa shape index (κ2) is 3.47. The van der Waals surface area contributed by atoms with E-state index in [1.807, 2.05) is 41.2 Å². The van der Waals surface area contributed by atoms with Crippen molar-refractivity contribution in [2.45, 2.75) is 12.6 Å². The highest BCUT2D eigenvalue weighted by atomic mass is 15.4. The van der Waals surface area contributed by atoms with Crippen LogP contribution in [0.3, 0.4) is 0 Å². The van der Waals surface area contributed by atoms with Crippen LogP contribution < -0.4 is 5.32 Å². The Balaban J connectivity index is 1.83. The Kier molecular flexibility index (Phi) is 1.99. The van der Waals surface area contributed by atoms with Gasteiger partial charge in [-0.25, -0.2) is 0 Å². The lowest BCUT2D eigenvalue weighted by Crippen LogP contribution is -2.06. The quantitative estimate of drug-likeness (QED) is 0.749. The molecular weight excluding hydrogens is 188 g/mol. The van der Waals surface area contributed by atoms with E-state index >= 15 is 0 Å². The van der Waals surface area contributed by atoms with E-state index in [0.717, 1.165) is 24.3 Å². The molecule has 0 unspecified atom stereocenters. The molecule has 1 aromatic carbocycles. The molecule has 15 heavy (non-hydrogen) atoms. The zero-order valence-electron chi connectivity index (χ0n) is 8.30. The molecule has 1 N–H and O–H groups in total. The molecule has 3 rings (SSSR count). The van der Waals surface area contributed by atoms with Crippen molar-refractivity contribution in [3.8, 4) is 11.3 Å². The zero-order chi connectivity index (χ0) is 10.1. The van der Waals surface area contributed by atoms with E-state index in [0.29, 0.717) is 6.04 Å². The molecule has 4 nitrogen and oxygen atoms in total. The Morgan fingerprint density at radius 2 is 2.13 bits per heavy atom. The standard InChI is InChI=1S/C11H12N4/c1-2-4-9(5-3-1)11-8-15(14-13-11)7-10-6-12-10/h1-5,8,10,12H,6-7H2/t10-/m0/s1. The Bertz CT molecular complexity index is 445. The Morgan fingerprint density at radius 3 is 2.87 bits per heavy atom. The minimum atomic E-state index is 0.593. The molecule has 1 fully saturated rings. The summed E-state index contributed by atoms with van der Waals surface area (Å²) in [5.41, 5.74) is 2.06.